The zero-order valence-electron chi connectivity index (χ0n) is 13.3. The molecule has 1 amide bonds. The van der Waals surface area contributed by atoms with Gasteiger partial charge in [0.25, 0.3) is 0 Å². The largest absolute Gasteiger partial charge is 0.486 e. The molecule has 0 atom stereocenters. The lowest BCUT2D eigenvalue weighted by Crippen LogP contribution is -2.28. The Balaban J connectivity index is 1.46. The van der Waals surface area contributed by atoms with Crippen molar-refractivity contribution < 1.29 is 19.1 Å². The normalized spacial score (nSPS) is 17.0. The first-order valence-electron chi connectivity index (χ1n) is 8.42. The third-order valence-electron chi connectivity index (χ3n) is 4.51. The lowest BCUT2D eigenvalue weighted by atomic mass is 10.1. The Kier molecular flexibility index (Phi) is 5.16. The number of benzene rings is 1. The van der Waals surface area contributed by atoms with E-state index in [0.29, 0.717) is 36.2 Å². The van der Waals surface area contributed by atoms with Gasteiger partial charge in [-0.25, -0.2) is 0 Å². The number of nitrogens with one attached hydrogen (secondary N) is 1. The monoisotopic (exact) mass is 317 g/mol. The van der Waals surface area contributed by atoms with Gasteiger partial charge in [0.05, 0.1) is 0 Å². The minimum absolute atomic E-state index is 0.0391. The van der Waals surface area contributed by atoms with Crippen molar-refractivity contribution in [3.63, 3.8) is 0 Å². The summed E-state index contributed by atoms with van der Waals surface area (Å²) in [5.41, 5.74) is 0.567. The molecule has 5 heteroatoms. The van der Waals surface area contributed by atoms with Crippen LogP contribution in [0.15, 0.2) is 18.2 Å². The zero-order valence-corrected chi connectivity index (χ0v) is 13.3. The minimum atomic E-state index is -0.0435. The van der Waals surface area contributed by atoms with Crippen molar-refractivity contribution in [2.24, 2.45) is 5.92 Å². The van der Waals surface area contributed by atoms with E-state index < -0.39 is 0 Å². The van der Waals surface area contributed by atoms with Crippen molar-refractivity contribution in [3.8, 4) is 11.5 Å². The van der Waals surface area contributed by atoms with Crippen LogP contribution in [0.1, 0.15) is 48.9 Å². The number of carbonyl (C=O) groups is 2. The average Bonchev–Trinajstić information content (AvgIpc) is 3.11. The molecule has 0 unspecified atom stereocenters. The number of Topliss-reactive ketones (excluding diaryl/α,β-unsaturated/α-hetero) is 1. The van der Waals surface area contributed by atoms with E-state index in [1.54, 1.807) is 18.2 Å². The summed E-state index contributed by atoms with van der Waals surface area (Å²) >= 11 is 0. The van der Waals surface area contributed by atoms with E-state index in [9.17, 15) is 9.59 Å². The summed E-state index contributed by atoms with van der Waals surface area (Å²) in [6, 6.07) is 5.18. The van der Waals surface area contributed by atoms with Crippen LogP contribution in [0.5, 0.6) is 11.5 Å². The highest BCUT2D eigenvalue weighted by Gasteiger charge is 2.17. The van der Waals surface area contributed by atoms with E-state index in [1.165, 1.54) is 25.7 Å². The molecule has 0 aromatic heterocycles. The Labute approximate surface area is 136 Å². The van der Waals surface area contributed by atoms with Gasteiger partial charge in [-0.3, -0.25) is 9.59 Å². The van der Waals surface area contributed by atoms with Crippen LogP contribution in [0.2, 0.25) is 0 Å². The molecule has 124 valence electrons. The molecule has 3 rings (SSSR count). The molecule has 2 aliphatic rings. The molecule has 1 saturated carbocycles. The van der Waals surface area contributed by atoms with Gasteiger partial charge < -0.3 is 14.8 Å². The second-order valence-electron chi connectivity index (χ2n) is 6.24. The third-order valence-corrected chi connectivity index (χ3v) is 4.51. The highest BCUT2D eigenvalue weighted by atomic mass is 16.6. The van der Waals surface area contributed by atoms with E-state index in [1.807, 2.05) is 0 Å². The maximum absolute atomic E-state index is 12.2. The smallest absolute Gasteiger partial charge is 0.220 e. The summed E-state index contributed by atoms with van der Waals surface area (Å²) in [6.07, 6.45) is 5.40. The molecule has 1 aliphatic carbocycles. The molecule has 1 aromatic rings. The summed E-state index contributed by atoms with van der Waals surface area (Å²) in [5, 5.41) is 2.95. The number of ether oxygens (including phenoxy) is 2. The molecule has 5 nitrogen and oxygen atoms in total. The second kappa shape index (κ2) is 7.49. The first-order valence-corrected chi connectivity index (χ1v) is 8.42. The number of ketones is 1. The van der Waals surface area contributed by atoms with Crippen molar-refractivity contribution in [1.82, 2.24) is 5.32 Å². The zero-order chi connectivity index (χ0) is 16.1. The Morgan fingerprint density at radius 1 is 1.04 bits per heavy atom. The predicted octanol–water partition coefficient (Wildman–Crippen LogP) is 2.73. The van der Waals surface area contributed by atoms with Crippen molar-refractivity contribution in [2.75, 3.05) is 19.8 Å². The number of rotatable bonds is 6. The fourth-order valence-corrected chi connectivity index (χ4v) is 3.15. The Bertz CT molecular complexity index is 578. The van der Waals surface area contributed by atoms with Gasteiger partial charge in [0, 0.05) is 24.9 Å². The Morgan fingerprint density at radius 3 is 2.57 bits per heavy atom. The highest BCUT2D eigenvalue weighted by molar-refractivity contribution is 5.98. The fourth-order valence-electron chi connectivity index (χ4n) is 3.15. The Morgan fingerprint density at radius 2 is 1.78 bits per heavy atom. The quantitative estimate of drug-likeness (QED) is 0.819. The lowest BCUT2D eigenvalue weighted by Gasteiger charge is -2.18. The van der Waals surface area contributed by atoms with E-state index in [4.69, 9.17) is 9.47 Å². The maximum Gasteiger partial charge on any atom is 0.220 e. The van der Waals surface area contributed by atoms with Crippen LogP contribution in [-0.2, 0) is 4.79 Å². The van der Waals surface area contributed by atoms with Gasteiger partial charge >= 0.3 is 0 Å². The summed E-state index contributed by atoms with van der Waals surface area (Å²) in [5.74, 6) is 1.81. The van der Waals surface area contributed by atoms with Crippen molar-refractivity contribution >= 4 is 11.7 Å². The third kappa shape index (κ3) is 4.24. The topological polar surface area (TPSA) is 64.6 Å². The minimum Gasteiger partial charge on any atom is -0.486 e. The van der Waals surface area contributed by atoms with Gasteiger partial charge in [-0.2, -0.15) is 0 Å². The standard InChI is InChI=1S/C18H23NO4/c20-15(6-8-18(21)19-12-13-3-1-2-4-13)14-5-7-16-17(11-14)23-10-9-22-16/h5,7,11,13H,1-4,6,8-10,12H2,(H,19,21). The van der Waals surface area contributed by atoms with Gasteiger partial charge in [0.1, 0.15) is 13.2 Å². The van der Waals surface area contributed by atoms with Crippen LogP contribution in [0.4, 0.5) is 0 Å². The van der Waals surface area contributed by atoms with E-state index in [-0.39, 0.29) is 24.5 Å². The van der Waals surface area contributed by atoms with Crippen LogP contribution in [0.25, 0.3) is 0 Å². The molecule has 0 bridgehead atoms. The SMILES string of the molecule is O=C(CCC(=O)c1ccc2c(c1)OCCO2)NCC1CCCC1. The number of amides is 1. The van der Waals surface area contributed by atoms with Crippen molar-refractivity contribution in [1.29, 1.82) is 0 Å². The van der Waals surface area contributed by atoms with E-state index in [2.05, 4.69) is 5.32 Å². The molecular weight excluding hydrogens is 294 g/mol. The Hall–Kier alpha value is -2.04. The summed E-state index contributed by atoms with van der Waals surface area (Å²) < 4.78 is 10.9. The molecule has 1 aliphatic heterocycles. The van der Waals surface area contributed by atoms with Gasteiger partial charge in [-0.1, -0.05) is 12.8 Å². The highest BCUT2D eigenvalue weighted by Crippen LogP contribution is 2.31. The second-order valence-corrected chi connectivity index (χ2v) is 6.24. The van der Waals surface area contributed by atoms with Gasteiger partial charge in [0.2, 0.25) is 5.91 Å². The van der Waals surface area contributed by atoms with Crippen LogP contribution in [0, 0.1) is 5.92 Å². The van der Waals surface area contributed by atoms with Crippen LogP contribution in [0.3, 0.4) is 0 Å². The molecule has 1 heterocycles. The molecule has 1 N–H and O–H groups in total. The lowest BCUT2D eigenvalue weighted by molar-refractivity contribution is -0.121. The number of carbonyl (C=O) groups excluding carboxylic acids is 2. The van der Waals surface area contributed by atoms with E-state index >= 15 is 0 Å². The molecule has 1 fully saturated rings. The molecule has 0 spiro atoms. The number of fused-ring (bicyclic) bond motifs is 1. The van der Waals surface area contributed by atoms with Gasteiger partial charge in [-0.05, 0) is 37.0 Å². The van der Waals surface area contributed by atoms with Crippen LogP contribution >= 0.6 is 0 Å². The summed E-state index contributed by atoms with van der Waals surface area (Å²) in [6.45, 7) is 1.77. The molecular formula is C18H23NO4. The number of hydrogen-bond donors (Lipinski definition) is 1. The molecule has 0 saturated heterocycles. The molecule has 0 radical (unpaired) electrons. The first kappa shape index (κ1) is 15.8. The van der Waals surface area contributed by atoms with E-state index in [0.717, 1.165) is 6.54 Å². The molecule has 1 aromatic carbocycles. The molecule has 23 heavy (non-hydrogen) atoms. The first-order chi connectivity index (χ1) is 11.2. The summed E-state index contributed by atoms with van der Waals surface area (Å²) in [4.78, 5) is 24.1. The van der Waals surface area contributed by atoms with Gasteiger partial charge in [-0.15, -0.1) is 0 Å². The van der Waals surface area contributed by atoms with Crippen LogP contribution < -0.4 is 14.8 Å². The predicted molar refractivity (Wildman–Crippen MR) is 86.0 cm³/mol. The average molecular weight is 317 g/mol. The summed E-state index contributed by atoms with van der Waals surface area (Å²) in [7, 11) is 0. The number of hydrogen-bond acceptors (Lipinski definition) is 4. The van der Waals surface area contributed by atoms with Crippen molar-refractivity contribution in [3.05, 3.63) is 23.8 Å². The van der Waals surface area contributed by atoms with Crippen LogP contribution in [-0.4, -0.2) is 31.4 Å². The maximum atomic E-state index is 12.2. The fraction of sp³-hybridized carbons (Fsp3) is 0.556. The van der Waals surface area contributed by atoms with Crippen molar-refractivity contribution in [2.45, 2.75) is 38.5 Å². The van der Waals surface area contributed by atoms with Gasteiger partial charge in [0.15, 0.2) is 17.3 Å².